The van der Waals surface area contributed by atoms with Crippen LogP contribution in [0.25, 0.3) is 0 Å². The van der Waals surface area contributed by atoms with Gasteiger partial charge in [-0.15, -0.1) is 11.8 Å². The molecule has 2 aromatic rings. The van der Waals surface area contributed by atoms with Crippen LogP contribution < -0.4 is 4.74 Å². The van der Waals surface area contributed by atoms with Gasteiger partial charge in [0.1, 0.15) is 5.75 Å². The van der Waals surface area contributed by atoms with E-state index >= 15 is 0 Å². The number of benzene rings is 2. The SMILES string of the molecule is COc1cccc(CC(=O)N2CCN(C(=O)c3ccc(SC(C)C)cc3)CC2)c1. The molecule has 154 valence electrons. The van der Waals surface area contributed by atoms with E-state index in [9.17, 15) is 9.59 Å². The largest absolute Gasteiger partial charge is 0.497 e. The third kappa shape index (κ3) is 5.76. The summed E-state index contributed by atoms with van der Waals surface area (Å²) < 4.78 is 5.22. The maximum absolute atomic E-state index is 12.8. The van der Waals surface area contributed by atoms with Crippen molar-refractivity contribution in [3.8, 4) is 5.75 Å². The predicted octanol–water partition coefficient (Wildman–Crippen LogP) is 3.72. The molecule has 0 unspecified atom stereocenters. The van der Waals surface area contributed by atoms with Gasteiger partial charge in [0.2, 0.25) is 5.91 Å². The fourth-order valence-corrected chi connectivity index (χ4v) is 4.20. The Bertz CT molecular complexity index is 843. The molecule has 6 heteroatoms. The zero-order valence-corrected chi connectivity index (χ0v) is 18.1. The molecular weight excluding hydrogens is 384 g/mol. The van der Waals surface area contributed by atoms with Gasteiger partial charge in [-0.3, -0.25) is 9.59 Å². The highest BCUT2D eigenvalue weighted by atomic mass is 32.2. The van der Waals surface area contributed by atoms with Crippen molar-refractivity contribution in [1.29, 1.82) is 0 Å². The molecule has 1 aliphatic heterocycles. The zero-order valence-electron chi connectivity index (χ0n) is 17.3. The molecule has 0 aliphatic carbocycles. The highest BCUT2D eigenvalue weighted by Gasteiger charge is 2.25. The molecule has 3 rings (SSSR count). The van der Waals surface area contributed by atoms with Gasteiger partial charge in [0.15, 0.2) is 0 Å². The van der Waals surface area contributed by atoms with Crippen molar-refractivity contribution in [1.82, 2.24) is 9.80 Å². The fraction of sp³-hybridized carbons (Fsp3) is 0.391. The summed E-state index contributed by atoms with van der Waals surface area (Å²) in [4.78, 5) is 30.2. The Morgan fingerprint density at radius 1 is 1.00 bits per heavy atom. The molecule has 0 atom stereocenters. The minimum Gasteiger partial charge on any atom is -0.497 e. The number of ether oxygens (including phenoxy) is 1. The van der Waals surface area contributed by atoms with E-state index in [-0.39, 0.29) is 11.8 Å². The van der Waals surface area contributed by atoms with Gasteiger partial charge >= 0.3 is 0 Å². The monoisotopic (exact) mass is 412 g/mol. The van der Waals surface area contributed by atoms with Crippen molar-refractivity contribution in [2.45, 2.75) is 30.4 Å². The second kappa shape index (κ2) is 9.83. The van der Waals surface area contributed by atoms with Crippen molar-refractivity contribution >= 4 is 23.6 Å². The summed E-state index contributed by atoms with van der Waals surface area (Å²) in [5.41, 5.74) is 1.64. The second-order valence-corrected chi connectivity index (χ2v) is 9.04. The third-order valence-corrected chi connectivity index (χ3v) is 5.90. The second-order valence-electron chi connectivity index (χ2n) is 7.39. The molecule has 1 heterocycles. The molecule has 0 radical (unpaired) electrons. The van der Waals surface area contributed by atoms with Crippen molar-refractivity contribution in [2.24, 2.45) is 0 Å². The summed E-state index contributed by atoms with van der Waals surface area (Å²) >= 11 is 1.78. The third-order valence-electron chi connectivity index (χ3n) is 4.88. The van der Waals surface area contributed by atoms with E-state index in [0.29, 0.717) is 43.4 Å². The Morgan fingerprint density at radius 3 is 2.28 bits per heavy atom. The van der Waals surface area contributed by atoms with Crippen LogP contribution in [0.15, 0.2) is 53.4 Å². The topological polar surface area (TPSA) is 49.9 Å². The zero-order chi connectivity index (χ0) is 20.8. The molecule has 0 aromatic heterocycles. The van der Waals surface area contributed by atoms with Crippen molar-refractivity contribution in [2.75, 3.05) is 33.3 Å². The molecule has 1 saturated heterocycles. The van der Waals surface area contributed by atoms with Gasteiger partial charge in [0, 0.05) is 41.9 Å². The first-order valence-electron chi connectivity index (χ1n) is 9.93. The standard InChI is InChI=1S/C23H28N2O3S/c1-17(2)29-21-9-7-19(8-10-21)23(27)25-13-11-24(12-14-25)22(26)16-18-5-4-6-20(15-18)28-3/h4-10,15,17H,11-14,16H2,1-3H3. The summed E-state index contributed by atoms with van der Waals surface area (Å²) in [6.07, 6.45) is 0.347. The summed E-state index contributed by atoms with van der Waals surface area (Å²) in [5, 5.41) is 0.513. The van der Waals surface area contributed by atoms with Gasteiger partial charge in [-0.05, 0) is 42.0 Å². The molecule has 2 amide bonds. The molecule has 1 fully saturated rings. The average molecular weight is 413 g/mol. The Hall–Kier alpha value is -2.47. The number of piperazine rings is 1. The lowest BCUT2D eigenvalue weighted by atomic mass is 10.1. The molecule has 0 bridgehead atoms. The van der Waals surface area contributed by atoms with E-state index in [4.69, 9.17) is 4.74 Å². The Labute approximate surface area is 177 Å². The number of carbonyl (C=O) groups excluding carboxylic acids is 2. The van der Waals surface area contributed by atoms with E-state index in [1.165, 1.54) is 4.90 Å². The van der Waals surface area contributed by atoms with E-state index < -0.39 is 0 Å². The van der Waals surface area contributed by atoms with Crippen LogP contribution in [0, 0.1) is 0 Å². The van der Waals surface area contributed by atoms with Crippen LogP contribution in [-0.4, -0.2) is 60.2 Å². The highest BCUT2D eigenvalue weighted by molar-refractivity contribution is 7.99. The van der Waals surface area contributed by atoms with Gasteiger partial charge in [0.05, 0.1) is 13.5 Å². The summed E-state index contributed by atoms with van der Waals surface area (Å²) in [7, 11) is 1.62. The van der Waals surface area contributed by atoms with Gasteiger partial charge in [-0.1, -0.05) is 26.0 Å². The van der Waals surface area contributed by atoms with Gasteiger partial charge < -0.3 is 14.5 Å². The first-order chi connectivity index (χ1) is 14.0. The summed E-state index contributed by atoms with van der Waals surface area (Å²) in [5.74, 6) is 0.870. The summed E-state index contributed by atoms with van der Waals surface area (Å²) in [6, 6.07) is 15.4. The van der Waals surface area contributed by atoms with E-state index in [1.54, 1.807) is 18.9 Å². The van der Waals surface area contributed by atoms with Crippen LogP contribution in [0.5, 0.6) is 5.75 Å². The first kappa shape index (κ1) is 21.2. The van der Waals surface area contributed by atoms with E-state index in [1.807, 2.05) is 58.3 Å². The number of thioether (sulfide) groups is 1. The highest BCUT2D eigenvalue weighted by Crippen LogP contribution is 2.23. The van der Waals surface area contributed by atoms with E-state index in [0.717, 1.165) is 11.3 Å². The Kier molecular flexibility index (Phi) is 7.20. The molecule has 0 saturated carbocycles. The molecule has 0 spiro atoms. The smallest absolute Gasteiger partial charge is 0.253 e. The predicted molar refractivity (Wildman–Crippen MR) is 117 cm³/mol. The minimum atomic E-state index is 0.0333. The minimum absolute atomic E-state index is 0.0333. The number of nitrogens with zero attached hydrogens (tertiary/aromatic N) is 2. The van der Waals surface area contributed by atoms with Gasteiger partial charge in [-0.2, -0.15) is 0 Å². The molecule has 0 N–H and O–H groups in total. The van der Waals surface area contributed by atoms with E-state index in [2.05, 4.69) is 13.8 Å². The number of rotatable bonds is 6. The Balaban J connectivity index is 1.52. The first-order valence-corrected chi connectivity index (χ1v) is 10.8. The molecule has 2 aromatic carbocycles. The van der Waals surface area contributed by atoms with Crippen LogP contribution in [0.3, 0.4) is 0 Å². The fourth-order valence-electron chi connectivity index (χ4n) is 3.36. The average Bonchev–Trinajstić information content (AvgIpc) is 2.73. The Morgan fingerprint density at radius 2 is 1.66 bits per heavy atom. The van der Waals surface area contributed by atoms with Gasteiger partial charge in [-0.25, -0.2) is 0 Å². The van der Waals surface area contributed by atoms with Crippen molar-refractivity contribution in [3.05, 3.63) is 59.7 Å². The number of methoxy groups -OCH3 is 1. The number of amides is 2. The van der Waals surface area contributed by atoms with Crippen LogP contribution in [0.1, 0.15) is 29.8 Å². The molecular formula is C23H28N2O3S. The normalized spacial score (nSPS) is 14.2. The quantitative estimate of drug-likeness (QED) is 0.679. The molecule has 29 heavy (non-hydrogen) atoms. The maximum Gasteiger partial charge on any atom is 0.253 e. The van der Waals surface area contributed by atoms with Crippen molar-refractivity contribution < 1.29 is 14.3 Å². The lowest BCUT2D eigenvalue weighted by Crippen LogP contribution is -2.51. The van der Waals surface area contributed by atoms with Crippen LogP contribution >= 0.6 is 11.8 Å². The number of hydrogen-bond donors (Lipinski definition) is 0. The van der Waals surface area contributed by atoms with Crippen LogP contribution in [-0.2, 0) is 11.2 Å². The van der Waals surface area contributed by atoms with Crippen LogP contribution in [0.4, 0.5) is 0 Å². The van der Waals surface area contributed by atoms with Crippen LogP contribution in [0.2, 0.25) is 0 Å². The molecule has 1 aliphatic rings. The lowest BCUT2D eigenvalue weighted by Gasteiger charge is -2.35. The van der Waals surface area contributed by atoms with Gasteiger partial charge in [0.25, 0.3) is 5.91 Å². The lowest BCUT2D eigenvalue weighted by molar-refractivity contribution is -0.131. The number of carbonyl (C=O) groups is 2. The summed E-state index contributed by atoms with van der Waals surface area (Å²) in [6.45, 7) is 6.56. The molecule has 5 nitrogen and oxygen atoms in total. The maximum atomic E-state index is 12.8. The number of hydrogen-bond acceptors (Lipinski definition) is 4. The van der Waals surface area contributed by atoms with Crippen molar-refractivity contribution in [3.63, 3.8) is 0 Å².